The van der Waals surface area contributed by atoms with Crippen LogP contribution in [0.1, 0.15) is 0 Å². The second-order valence-electron chi connectivity index (χ2n) is 2.67. The molecule has 2 aliphatic rings. The summed E-state index contributed by atoms with van der Waals surface area (Å²) in [6.07, 6.45) is 0. The van der Waals surface area contributed by atoms with Gasteiger partial charge in [-0.25, -0.2) is 4.79 Å². The van der Waals surface area contributed by atoms with Crippen LogP contribution < -0.4 is 10.6 Å². The summed E-state index contributed by atoms with van der Waals surface area (Å²) in [5, 5.41) is 3.61. The van der Waals surface area contributed by atoms with Gasteiger partial charge >= 0.3 is 6.03 Å². The first-order valence-corrected chi connectivity index (χ1v) is 4.62. The zero-order valence-electron chi connectivity index (χ0n) is 6.57. The fraction of sp³-hybridized carbons (Fsp3) is 0.500. The quantitative estimate of drug-likeness (QED) is 0.589. The first-order valence-electron chi connectivity index (χ1n) is 3.74. The standard InChI is InChI=1S/C6H7N3O3S/c10-3-4(13-6(12)8-3)9-2-1-7-5(9)11/h4H,1-2H2,(H,7,11)(H,8,10,12). The van der Waals surface area contributed by atoms with Crippen LogP contribution in [0.3, 0.4) is 0 Å². The maximum Gasteiger partial charge on any atom is 0.318 e. The summed E-state index contributed by atoms with van der Waals surface area (Å²) < 4.78 is 0. The van der Waals surface area contributed by atoms with E-state index in [1.54, 1.807) is 0 Å². The Hall–Kier alpha value is -1.24. The van der Waals surface area contributed by atoms with Crippen molar-refractivity contribution in [3.05, 3.63) is 0 Å². The highest BCUT2D eigenvalue weighted by atomic mass is 32.2. The lowest BCUT2D eigenvalue weighted by Crippen LogP contribution is -2.41. The van der Waals surface area contributed by atoms with E-state index in [4.69, 9.17) is 0 Å². The molecule has 1 atom stereocenters. The minimum atomic E-state index is -0.685. The molecule has 7 heteroatoms. The lowest BCUT2D eigenvalue weighted by Gasteiger charge is -2.17. The number of amides is 4. The molecule has 2 fully saturated rings. The van der Waals surface area contributed by atoms with Crippen molar-refractivity contribution in [2.24, 2.45) is 0 Å². The third-order valence-electron chi connectivity index (χ3n) is 1.84. The Morgan fingerprint density at radius 3 is 2.62 bits per heavy atom. The maximum absolute atomic E-state index is 11.1. The largest absolute Gasteiger partial charge is 0.336 e. The van der Waals surface area contributed by atoms with Gasteiger partial charge in [-0.2, -0.15) is 0 Å². The van der Waals surface area contributed by atoms with Gasteiger partial charge in [0, 0.05) is 13.1 Å². The van der Waals surface area contributed by atoms with E-state index in [1.165, 1.54) is 4.90 Å². The average molecular weight is 201 g/mol. The molecule has 1 unspecified atom stereocenters. The van der Waals surface area contributed by atoms with Crippen molar-refractivity contribution < 1.29 is 14.4 Å². The van der Waals surface area contributed by atoms with Crippen molar-refractivity contribution in [3.63, 3.8) is 0 Å². The van der Waals surface area contributed by atoms with Crippen LogP contribution in [0.5, 0.6) is 0 Å². The molecule has 2 rings (SSSR count). The monoisotopic (exact) mass is 201 g/mol. The molecule has 0 aromatic heterocycles. The molecule has 0 spiro atoms. The normalized spacial score (nSPS) is 27.8. The number of hydrogen-bond donors (Lipinski definition) is 2. The average Bonchev–Trinajstić information content (AvgIpc) is 2.58. The predicted octanol–water partition coefficient (Wildman–Crippen LogP) is -0.679. The Labute approximate surface area is 78.0 Å². The molecule has 2 N–H and O–H groups in total. The van der Waals surface area contributed by atoms with Crippen LogP contribution >= 0.6 is 11.8 Å². The zero-order valence-corrected chi connectivity index (χ0v) is 7.39. The van der Waals surface area contributed by atoms with Gasteiger partial charge in [0.05, 0.1) is 0 Å². The Morgan fingerprint density at radius 1 is 1.38 bits per heavy atom. The van der Waals surface area contributed by atoms with E-state index in [0.717, 1.165) is 11.8 Å². The summed E-state index contributed by atoms with van der Waals surface area (Å²) >= 11 is 0.840. The Balaban J connectivity index is 2.12. The molecule has 0 radical (unpaired) electrons. The highest BCUT2D eigenvalue weighted by Crippen LogP contribution is 2.23. The summed E-state index contributed by atoms with van der Waals surface area (Å²) in [4.78, 5) is 34.4. The van der Waals surface area contributed by atoms with Gasteiger partial charge in [-0.15, -0.1) is 0 Å². The Kier molecular flexibility index (Phi) is 1.87. The predicted molar refractivity (Wildman–Crippen MR) is 45.0 cm³/mol. The highest BCUT2D eigenvalue weighted by molar-refractivity contribution is 8.15. The molecule has 0 bridgehead atoms. The third kappa shape index (κ3) is 1.35. The first-order chi connectivity index (χ1) is 6.18. The number of urea groups is 1. The van der Waals surface area contributed by atoms with Crippen molar-refractivity contribution in [3.8, 4) is 0 Å². The number of rotatable bonds is 1. The lowest BCUT2D eigenvalue weighted by molar-refractivity contribution is -0.120. The minimum absolute atomic E-state index is 0.289. The van der Waals surface area contributed by atoms with Crippen molar-refractivity contribution in [1.29, 1.82) is 0 Å². The molecule has 2 saturated heterocycles. The van der Waals surface area contributed by atoms with Crippen LogP contribution in [-0.4, -0.2) is 40.5 Å². The molecular formula is C6H7N3O3S. The third-order valence-corrected chi connectivity index (χ3v) is 2.85. The van der Waals surface area contributed by atoms with E-state index in [9.17, 15) is 14.4 Å². The smallest absolute Gasteiger partial charge is 0.318 e. The summed E-state index contributed by atoms with van der Waals surface area (Å²) in [5.41, 5.74) is 0. The molecule has 70 valence electrons. The zero-order chi connectivity index (χ0) is 9.42. The van der Waals surface area contributed by atoms with E-state index < -0.39 is 16.5 Å². The number of nitrogens with zero attached hydrogens (tertiary/aromatic N) is 1. The topological polar surface area (TPSA) is 78.5 Å². The molecule has 0 aromatic carbocycles. The van der Waals surface area contributed by atoms with E-state index in [-0.39, 0.29) is 6.03 Å². The molecule has 0 saturated carbocycles. The van der Waals surface area contributed by atoms with Crippen molar-refractivity contribution >= 4 is 28.9 Å². The number of thioether (sulfide) groups is 1. The summed E-state index contributed by atoms with van der Waals surface area (Å²) in [7, 11) is 0. The van der Waals surface area contributed by atoms with Crippen molar-refractivity contribution in [1.82, 2.24) is 15.5 Å². The molecule has 6 nitrogen and oxygen atoms in total. The van der Waals surface area contributed by atoms with Crippen LogP contribution in [0.25, 0.3) is 0 Å². The van der Waals surface area contributed by atoms with Gasteiger partial charge in [0.2, 0.25) is 0 Å². The fourth-order valence-electron chi connectivity index (χ4n) is 1.26. The van der Waals surface area contributed by atoms with E-state index in [2.05, 4.69) is 10.6 Å². The second kappa shape index (κ2) is 2.91. The molecule has 0 aromatic rings. The number of imide groups is 1. The molecule has 2 aliphatic heterocycles. The first kappa shape index (κ1) is 8.36. The molecular weight excluding hydrogens is 194 g/mol. The van der Waals surface area contributed by atoms with Crippen LogP contribution in [0, 0.1) is 0 Å². The van der Waals surface area contributed by atoms with Crippen LogP contribution in [0.15, 0.2) is 0 Å². The number of nitrogens with one attached hydrogen (secondary N) is 2. The van der Waals surface area contributed by atoms with Gasteiger partial charge in [-0.05, 0) is 11.8 Å². The summed E-state index contributed by atoms with van der Waals surface area (Å²) in [6, 6.07) is -0.289. The van der Waals surface area contributed by atoms with Crippen molar-refractivity contribution in [2.75, 3.05) is 13.1 Å². The number of carbonyl (C=O) groups is 3. The summed E-state index contributed by atoms with van der Waals surface area (Å²) in [5.74, 6) is -0.410. The van der Waals surface area contributed by atoms with Gasteiger partial charge in [0.1, 0.15) is 0 Å². The SMILES string of the molecule is O=C1NC(=O)C(N2CCNC2=O)S1. The molecule has 13 heavy (non-hydrogen) atoms. The Morgan fingerprint density at radius 2 is 2.15 bits per heavy atom. The highest BCUT2D eigenvalue weighted by Gasteiger charge is 2.40. The van der Waals surface area contributed by atoms with E-state index >= 15 is 0 Å². The van der Waals surface area contributed by atoms with Gasteiger partial charge < -0.3 is 10.2 Å². The van der Waals surface area contributed by atoms with Gasteiger partial charge in [-0.3, -0.25) is 14.9 Å². The lowest BCUT2D eigenvalue weighted by atomic mass is 10.5. The summed E-state index contributed by atoms with van der Waals surface area (Å²) in [6.45, 7) is 0.995. The molecule has 0 aliphatic carbocycles. The fourth-order valence-corrected chi connectivity index (χ4v) is 2.12. The van der Waals surface area contributed by atoms with Gasteiger partial charge in [0.15, 0.2) is 5.37 Å². The Bertz CT molecular complexity index is 293. The van der Waals surface area contributed by atoms with Gasteiger partial charge in [0.25, 0.3) is 11.1 Å². The van der Waals surface area contributed by atoms with Crippen LogP contribution in [0.2, 0.25) is 0 Å². The van der Waals surface area contributed by atoms with E-state index in [0.29, 0.717) is 13.1 Å². The van der Waals surface area contributed by atoms with E-state index in [1.807, 2.05) is 0 Å². The molecule has 4 amide bonds. The maximum atomic E-state index is 11.1. The van der Waals surface area contributed by atoms with Crippen LogP contribution in [0.4, 0.5) is 9.59 Å². The molecule has 2 heterocycles. The van der Waals surface area contributed by atoms with Gasteiger partial charge in [-0.1, -0.05) is 0 Å². The number of hydrogen-bond acceptors (Lipinski definition) is 4. The van der Waals surface area contributed by atoms with Crippen molar-refractivity contribution in [2.45, 2.75) is 5.37 Å². The number of carbonyl (C=O) groups excluding carboxylic acids is 3. The second-order valence-corrected chi connectivity index (χ2v) is 3.73. The minimum Gasteiger partial charge on any atom is -0.336 e. The van der Waals surface area contributed by atoms with Crippen LogP contribution in [-0.2, 0) is 4.79 Å².